The Kier molecular flexibility index (Phi) is 3.16. The van der Waals surface area contributed by atoms with Crippen molar-refractivity contribution in [2.45, 2.75) is 23.9 Å². The van der Waals surface area contributed by atoms with E-state index >= 15 is 0 Å². The molecule has 0 amide bonds. The zero-order chi connectivity index (χ0) is 9.10. The summed E-state index contributed by atoms with van der Waals surface area (Å²) in [5.74, 6) is 0. The first kappa shape index (κ1) is 9.40. The number of hydrogen-bond acceptors (Lipinski definition) is 0. The summed E-state index contributed by atoms with van der Waals surface area (Å²) in [4.78, 5) is 0. The zero-order valence-corrected chi connectivity index (χ0v) is 10.5. The topological polar surface area (TPSA) is 0 Å². The van der Waals surface area contributed by atoms with Crippen LogP contribution in [0.4, 0.5) is 0 Å². The molecule has 0 N–H and O–H groups in total. The predicted molar refractivity (Wildman–Crippen MR) is 55.3 cm³/mol. The van der Waals surface area contributed by atoms with Gasteiger partial charge in [0.2, 0.25) is 0 Å². The molecule has 0 saturated carbocycles. The van der Waals surface area contributed by atoms with Crippen LogP contribution in [0.25, 0.3) is 0 Å². The molecule has 0 heterocycles. The molecule has 0 nitrogen and oxygen atoms in total. The van der Waals surface area contributed by atoms with E-state index in [1.54, 1.807) is 6.56 Å². The molecule has 2 aliphatic carbocycles. The van der Waals surface area contributed by atoms with Crippen molar-refractivity contribution in [3.05, 3.63) is 43.0 Å². The van der Waals surface area contributed by atoms with Gasteiger partial charge in [-0.15, -0.1) is 0 Å². The molecule has 0 aromatic heterocycles. The predicted octanol–water partition coefficient (Wildman–Crippen LogP) is 3.84. The summed E-state index contributed by atoms with van der Waals surface area (Å²) in [5.41, 5.74) is 0. The summed E-state index contributed by atoms with van der Waals surface area (Å²) in [6.45, 7) is 2.37. The van der Waals surface area contributed by atoms with Gasteiger partial charge in [-0.05, 0) is 0 Å². The van der Waals surface area contributed by atoms with E-state index in [0.717, 1.165) is 0 Å². The van der Waals surface area contributed by atoms with Gasteiger partial charge in [-0.1, -0.05) is 0 Å². The number of rotatable bonds is 3. The fourth-order valence-corrected chi connectivity index (χ4v) is 8.50. The van der Waals surface area contributed by atoms with Crippen LogP contribution in [-0.2, 0) is 21.8 Å². The first-order chi connectivity index (χ1) is 6.42. The molecule has 0 spiro atoms. The summed E-state index contributed by atoms with van der Waals surface area (Å²) >= 11 is -1.31. The van der Waals surface area contributed by atoms with Gasteiger partial charge in [-0.3, -0.25) is 0 Å². The summed E-state index contributed by atoms with van der Waals surface area (Å²) in [6.07, 6.45) is 16.3. The van der Waals surface area contributed by atoms with Crippen molar-refractivity contribution in [3.8, 4) is 0 Å². The van der Waals surface area contributed by atoms with E-state index in [1.165, 1.54) is 17.0 Å². The Labute approximate surface area is 89.9 Å². The van der Waals surface area contributed by atoms with Crippen molar-refractivity contribution in [1.82, 2.24) is 0 Å². The van der Waals surface area contributed by atoms with Gasteiger partial charge in [0.1, 0.15) is 0 Å². The minimum atomic E-state index is -1.31. The van der Waals surface area contributed by atoms with E-state index in [-0.39, 0.29) is 1.43 Å². The molecule has 2 rings (SSSR count). The van der Waals surface area contributed by atoms with E-state index in [2.05, 4.69) is 43.4 Å². The molecule has 0 aliphatic heterocycles. The molecule has 0 saturated heterocycles. The van der Waals surface area contributed by atoms with Gasteiger partial charge in [-0.2, -0.15) is 0 Å². The molecule has 0 atom stereocenters. The third-order valence-electron chi connectivity index (χ3n) is 2.67. The Morgan fingerprint density at radius 3 is 2.00 bits per heavy atom. The first-order valence-electron chi connectivity index (χ1n) is 4.99. The molecule has 0 aromatic carbocycles. The molecule has 0 radical (unpaired) electrons. The monoisotopic (exact) mass is 250 g/mol. The minimum Gasteiger partial charge on any atom is -1.00 e. The Morgan fingerprint density at radius 2 is 1.69 bits per heavy atom. The van der Waals surface area contributed by atoms with Crippen LogP contribution in [-0.4, -0.2) is 0 Å². The molecule has 0 bridgehead atoms. The first-order valence-corrected chi connectivity index (χ1v) is 9.19. The van der Waals surface area contributed by atoms with E-state index in [1.807, 2.05) is 0 Å². The van der Waals surface area contributed by atoms with Crippen LogP contribution in [0.1, 0.15) is 21.2 Å². The second-order valence-electron chi connectivity index (χ2n) is 3.48. The van der Waals surface area contributed by atoms with E-state index in [9.17, 15) is 0 Å². The van der Waals surface area contributed by atoms with Crippen molar-refractivity contribution in [2.75, 3.05) is 0 Å². The largest absolute Gasteiger partial charge is 1.00 e. The maximum absolute atomic E-state index is 2.37. The van der Waals surface area contributed by atoms with E-state index in [4.69, 9.17) is 0 Å². The molecular formula is C12H16Zr-. The zero-order valence-electron chi connectivity index (χ0n) is 9.09. The van der Waals surface area contributed by atoms with Crippen LogP contribution in [0, 0.1) is 0 Å². The molecule has 1 heteroatoms. The fourth-order valence-electron chi connectivity index (χ4n) is 2.00. The van der Waals surface area contributed by atoms with Gasteiger partial charge in [0.25, 0.3) is 0 Å². The number of allylic oxidation sites excluding steroid dienone is 8. The molecule has 2 aliphatic rings. The van der Waals surface area contributed by atoms with Crippen molar-refractivity contribution >= 4 is 0 Å². The Morgan fingerprint density at radius 1 is 1.15 bits per heavy atom. The van der Waals surface area contributed by atoms with Gasteiger partial charge in [0, 0.05) is 0 Å². The molecule has 0 aromatic rings. The molecular weight excluding hydrogens is 235 g/mol. The van der Waals surface area contributed by atoms with E-state index < -0.39 is 21.8 Å². The van der Waals surface area contributed by atoms with Crippen molar-refractivity contribution in [3.63, 3.8) is 0 Å². The smallest absolute Gasteiger partial charge is 1.00 e. The maximum atomic E-state index is 2.37. The average molecular weight is 251 g/mol. The third kappa shape index (κ3) is 2.02. The SMILES string of the molecule is C[CH2][Zr]([C]1=CC=CC1)[C]1=CC=CC1.[H-]. The summed E-state index contributed by atoms with van der Waals surface area (Å²) < 4.78 is 5.02. The summed E-state index contributed by atoms with van der Waals surface area (Å²) in [6, 6.07) is 0. The minimum absolute atomic E-state index is 0. The average Bonchev–Trinajstić information content (AvgIpc) is 2.76. The van der Waals surface area contributed by atoms with E-state index in [0.29, 0.717) is 0 Å². The van der Waals surface area contributed by atoms with Crippen molar-refractivity contribution < 1.29 is 23.2 Å². The van der Waals surface area contributed by atoms with Crippen LogP contribution in [0.5, 0.6) is 0 Å². The van der Waals surface area contributed by atoms with Crippen LogP contribution in [0.15, 0.2) is 43.0 Å². The van der Waals surface area contributed by atoms with Gasteiger partial charge >= 0.3 is 88.7 Å². The fraction of sp³-hybridized carbons (Fsp3) is 0.333. The van der Waals surface area contributed by atoms with Gasteiger partial charge in [0.05, 0.1) is 0 Å². The van der Waals surface area contributed by atoms with Crippen LogP contribution in [0.3, 0.4) is 0 Å². The second kappa shape index (κ2) is 4.37. The second-order valence-corrected chi connectivity index (χ2v) is 10.7. The molecule has 69 valence electrons. The molecule has 13 heavy (non-hydrogen) atoms. The van der Waals surface area contributed by atoms with Gasteiger partial charge < -0.3 is 1.43 Å². The molecule has 0 unspecified atom stereocenters. The maximum Gasteiger partial charge on any atom is -1.00 e. The Balaban J connectivity index is 0.000000980. The van der Waals surface area contributed by atoms with Crippen molar-refractivity contribution in [2.24, 2.45) is 0 Å². The van der Waals surface area contributed by atoms with Crippen LogP contribution < -0.4 is 0 Å². The summed E-state index contributed by atoms with van der Waals surface area (Å²) in [7, 11) is 0. The van der Waals surface area contributed by atoms with Crippen molar-refractivity contribution in [1.29, 1.82) is 0 Å². The number of hydrogen-bond donors (Lipinski definition) is 0. The Hall–Kier alpha value is -0.157. The quantitative estimate of drug-likeness (QED) is 0.715. The Bertz CT molecular complexity index is 280. The third-order valence-corrected chi connectivity index (χ3v) is 10.0. The summed E-state index contributed by atoms with van der Waals surface area (Å²) in [5, 5.41) is 0. The normalized spacial score (nSPS) is 19.2. The molecule has 0 fully saturated rings. The van der Waals surface area contributed by atoms with Crippen LogP contribution in [0.2, 0.25) is 4.13 Å². The van der Waals surface area contributed by atoms with Gasteiger partial charge in [0.15, 0.2) is 0 Å². The standard InChI is InChI=1S/2C5H5.C2H5.Zr.H/c2*1-2-4-5-3-1;1-2;;/h2*1-3H,4H2;1H2,2H3;;/q;;;;-1. The van der Waals surface area contributed by atoms with Crippen LogP contribution >= 0.6 is 0 Å². The van der Waals surface area contributed by atoms with Gasteiger partial charge in [-0.25, -0.2) is 0 Å².